The number of hydrogen-bond acceptors (Lipinski definition) is 5. The molecule has 1 aromatic heterocycles. The highest BCUT2D eigenvalue weighted by molar-refractivity contribution is 5.76. The molecule has 22 heavy (non-hydrogen) atoms. The third kappa shape index (κ3) is 4.80. The summed E-state index contributed by atoms with van der Waals surface area (Å²) in [5, 5.41) is 16.7. The monoisotopic (exact) mass is 309 g/mol. The van der Waals surface area contributed by atoms with Crippen LogP contribution in [-0.2, 0) is 11.2 Å². The number of nitrogens with one attached hydrogen (secondary N) is 1. The first kappa shape index (κ1) is 16.9. The maximum atomic E-state index is 11.8. The molecule has 0 aromatic carbocycles. The third-order valence-electron chi connectivity index (χ3n) is 4.26. The molecule has 1 aliphatic rings. The summed E-state index contributed by atoms with van der Waals surface area (Å²) >= 11 is 0. The van der Waals surface area contributed by atoms with Crippen molar-refractivity contribution in [3.05, 3.63) is 11.7 Å². The van der Waals surface area contributed by atoms with Crippen LogP contribution in [0.1, 0.15) is 70.5 Å². The summed E-state index contributed by atoms with van der Waals surface area (Å²) in [4.78, 5) is 16.2. The molecule has 1 amide bonds. The van der Waals surface area contributed by atoms with E-state index in [-0.39, 0.29) is 17.9 Å². The van der Waals surface area contributed by atoms with Crippen molar-refractivity contribution in [2.45, 2.75) is 71.3 Å². The van der Waals surface area contributed by atoms with Crippen molar-refractivity contribution < 1.29 is 14.4 Å². The minimum Gasteiger partial charge on any atom is -0.391 e. The Hall–Kier alpha value is -1.43. The average molecular weight is 309 g/mol. The second-order valence-corrected chi connectivity index (χ2v) is 7.21. The van der Waals surface area contributed by atoms with Crippen LogP contribution in [-0.4, -0.2) is 33.8 Å². The minimum absolute atomic E-state index is 0.107. The molecule has 0 saturated heterocycles. The molecule has 1 aromatic rings. The van der Waals surface area contributed by atoms with Gasteiger partial charge in [-0.1, -0.05) is 38.8 Å². The van der Waals surface area contributed by atoms with Gasteiger partial charge in [-0.2, -0.15) is 4.98 Å². The number of amides is 1. The molecule has 1 aliphatic carbocycles. The number of aliphatic hydroxyl groups excluding tert-OH is 1. The number of carbonyl (C=O) groups excluding carboxylic acids is 1. The van der Waals surface area contributed by atoms with Crippen LogP contribution in [0.3, 0.4) is 0 Å². The van der Waals surface area contributed by atoms with E-state index < -0.39 is 6.10 Å². The number of aromatic nitrogens is 2. The van der Waals surface area contributed by atoms with Gasteiger partial charge < -0.3 is 14.9 Å². The van der Waals surface area contributed by atoms with Crippen LogP contribution in [0, 0.1) is 5.41 Å². The van der Waals surface area contributed by atoms with Crippen LogP contribution in [0.15, 0.2) is 4.52 Å². The Kier molecular flexibility index (Phi) is 5.56. The molecule has 1 fully saturated rings. The van der Waals surface area contributed by atoms with E-state index in [1.165, 1.54) is 12.8 Å². The first-order chi connectivity index (χ1) is 10.4. The van der Waals surface area contributed by atoms with E-state index in [2.05, 4.69) is 15.5 Å². The molecule has 0 spiro atoms. The van der Waals surface area contributed by atoms with Crippen molar-refractivity contribution >= 4 is 5.91 Å². The third-order valence-corrected chi connectivity index (χ3v) is 4.26. The largest absolute Gasteiger partial charge is 0.391 e. The van der Waals surface area contributed by atoms with Crippen LogP contribution in [0.4, 0.5) is 0 Å². The Morgan fingerprint density at radius 3 is 2.73 bits per heavy atom. The van der Waals surface area contributed by atoms with Crippen LogP contribution in [0.5, 0.6) is 0 Å². The Bertz CT molecular complexity index is 487. The summed E-state index contributed by atoms with van der Waals surface area (Å²) in [6, 6.07) is 0. The van der Waals surface area contributed by atoms with Gasteiger partial charge in [0.2, 0.25) is 11.8 Å². The maximum Gasteiger partial charge on any atom is 0.227 e. The average Bonchev–Trinajstić information content (AvgIpc) is 3.11. The van der Waals surface area contributed by atoms with Gasteiger partial charge in [-0.15, -0.1) is 0 Å². The van der Waals surface area contributed by atoms with E-state index in [0.717, 1.165) is 18.7 Å². The molecule has 124 valence electrons. The van der Waals surface area contributed by atoms with Crippen molar-refractivity contribution in [1.82, 2.24) is 15.5 Å². The quantitative estimate of drug-likeness (QED) is 0.841. The second kappa shape index (κ2) is 7.22. The molecule has 1 heterocycles. The van der Waals surface area contributed by atoms with Gasteiger partial charge in [0.25, 0.3) is 0 Å². The van der Waals surface area contributed by atoms with Crippen LogP contribution < -0.4 is 5.32 Å². The SMILES string of the molecule is CC(C)(C)C(O)CNC(=O)CCc1nc(C2CCCC2)no1. The highest BCUT2D eigenvalue weighted by atomic mass is 16.5. The highest BCUT2D eigenvalue weighted by Crippen LogP contribution is 2.32. The predicted octanol–water partition coefficient (Wildman–Crippen LogP) is 2.18. The second-order valence-electron chi connectivity index (χ2n) is 7.21. The van der Waals surface area contributed by atoms with Crippen molar-refractivity contribution in [3.63, 3.8) is 0 Å². The highest BCUT2D eigenvalue weighted by Gasteiger charge is 2.23. The van der Waals surface area contributed by atoms with Crippen molar-refractivity contribution in [2.75, 3.05) is 6.54 Å². The topological polar surface area (TPSA) is 88.2 Å². The van der Waals surface area contributed by atoms with Crippen molar-refractivity contribution in [1.29, 1.82) is 0 Å². The molecule has 6 heteroatoms. The summed E-state index contributed by atoms with van der Waals surface area (Å²) in [5.74, 6) is 1.63. The molecule has 0 aliphatic heterocycles. The minimum atomic E-state index is -0.561. The van der Waals surface area contributed by atoms with E-state index in [1.54, 1.807) is 0 Å². The van der Waals surface area contributed by atoms with Gasteiger partial charge in [0.1, 0.15) is 0 Å². The lowest BCUT2D eigenvalue weighted by Gasteiger charge is -2.25. The molecule has 1 saturated carbocycles. The smallest absolute Gasteiger partial charge is 0.227 e. The van der Waals surface area contributed by atoms with E-state index in [0.29, 0.717) is 24.7 Å². The van der Waals surface area contributed by atoms with Crippen molar-refractivity contribution in [3.8, 4) is 0 Å². The summed E-state index contributed by atoms with van der Waals surface area (Å²) < 4.78 is 5.22. The fraction of sp³-hybridized carbons (Fsp3) is 0.812. The number of carbonyl (C=O) groups is 1. The van der Waals surface area contributed by atoms with Gasteiger partial charge in [-0.05, 0) is 18.3 Å². The Morgan fingerprint density at radius 1 is 1.41 bits per heavy atom. The zero-order valence-corrected chi connectivity index (χ0v) is 13.8. The molecule has 1 atom stereocenters. The lowest BCUT2D eigenvalue weighted by atomic mass is 9.89. The summed E-state index contributed by atoms with van der Waals surface area (Å²) in [6.45, 7) is 6.08. The van der Waals surface area contributed by atoms with Gasteiger partial charge >= 0.3 is 0 Å². The summed E-state index contributed by atoms with van der Waals surface area (Å²) in [5.41, 5.74) is -0.240. The molecular formula is C16H27N3O3. The van der Waals surface area contributed by atoms with E-state index in [9.17, 15) is 9.90 Å². The molecule has 2 rings (SSSR count). The lowest BCUT2D eigenvalue weighted by Crippen LogP contribution is -2.39. The molecule has 2 N–H and O–H groups in total. The van der Waals surface area contributed by atoms with Gasteiger partial charge in [-0.3, -0.25) is 4.79 Å². The maximum absolute atomic E-state index is 11.8. The zero-order valence-electron chi connectivity index (χ0n) is 13.8. The van der Waals surface area contributed by atoms with Crippen LogP contribution >= 0.6 is 0 Å². The number of hydrogen-bond donors (Lipinski definition) is 2. The number of nitrogens with zero attached hydrogens (tertiary/aromatic N) is 2. The zero-order chi connectivity index (χ0) is 16.2. The van der Waals surface area contributed by atoms with Gasteiger partial charge in [-0.25, -0.2) is 0 Å². The molecule has 0 radical (unpaired) electrons. The van der Waals surface area contributed by atoms with Gasteiger partial charge in [0.05, 0.1) is 6.10 Å². The first-order valence-corrected chi connectivity index (χ1v) is 8.13. The van der Waals surface area contributed by atoms with Gasteiger partial charge in [0, 0.05) is 25.3 Å². The molecule has 0 bridgehead atoms. The van der Waals surface area contributed by atoms with E-state index in [1.807, 2.05) is 20.8 Å². The summed E-state index contributed by atoms with van der Waals surface area (Å²) in [6.07, 6.45) is 4.89. The normalized spacial score (nSPS) is 17.6. The Morgan fingerprint density at radius 2 is 2.09 bits per heavy atom. The number of aryl methyl sites for hydroxylation is 1. The number of aliphatic hydroxyl groups is 1. The van der Waals surface area contributed by atoms with Crippen molar-refractivity contribution in [2.24, 2.45) is 5.41 Å². The predicted molar refractivity (Wildman–Crippen MR) is 82.3 cm³/mol. The fourth-order valence-electron chi connectivity index (χ4n) is 2.54. The lowest BCUT2D eigenvalue weighted by molar-refractivity contribution is -0.121. The summed E-state index contributed by atoms with van der Waals surface area (Å²) in [7, 11) is 0. The van der Waals surface area contributed by atoms with E-state index >= 15 is 0 Å². The molecule has 6 nitrogen and oxygen atoms in total. The van der Waals surface area contributed by atoms with Crippen LogP contribution in [0.2, 0.25) is 0 Å². The Labute approximate surface area is 131 Å². The molecule has 1 unspecified atom stereocenters. The Balaban J connectivity index is 1.72. The first-order valence-electron chi connectivity index (χ1n) is 8.13. The van der Waals surface area contributed by atoms with E-state index in [4.69, 9.17) is 4.52 Å². The number of rotatable bonds is 6. The van der Waals surface area contributed by atoms with Crippen LogP contribution in [0.25, 0.3) is 0 Å². The fourth-order valence-corrected chi connectivity index (χ4v) is 2.54. The van der Waals surface area contributed by atoms with Gasteiger partial charge in [0.15, 0.2) is 5.82 Å². The standard InChI is InChI=1S/C16H27N3O3/c1-16(2,3)12(20)10-17-13(21)8-9-14-18-15(19-22-14)11-6-4-5-7-11/h11-12,20H,4-10H2,1-3H3,(H,17,21). The molecular weight excluding hydrogens is 282 g/mol.